The molecule has 0 radical (unpaired) electrons. The number of fused-ring (bicyclic) bond motifs is 1. The average molecular weight is 338 g/mol. The lowest BCUT2D eigenvalue weighted by Gasteiger charge is -2.07. The Morgan fingerprint density at radius 2 is 2.24 bits per heavy atom. The molecule has 0 atom stereocenters. The van der Waals surface area contributed by atoms with E-state index < -0.39 is 0 Å². The number of amides is 1. The minimum Gasteiger partial charge on any atom is -0.480 e. The zero-order valence-corrected chi connectivity index (χ0v) is 13.6. The third-order valence-electron chi connectivity index (χ3n) is 3.67. The summed E-state index contributed by atoms with van der Waals surface area (Å²) in [5.41, 5.74) is 0.300. The standard InChI is InChI=1S/C17H14N4O4/c1-19-15(22)14-4-3-11(25-14)9-21-6-5-13-12(17(21)23)7-10(8-18)16(20-13)24-2/h3-7H,9H2,1-2H3,(H,19,22). The fourth-order valence-electron chi connectivity index (χ4n) is 2.43. The molecular weight excluding hydrogens is 324 g/mol. The highest BCUT2D eigenvalue weighted by Crippen LogP contribution is 2.19. The van der Waals surface area contributed by atoms with Crippen molar-refractivity contribution in [2.45, 2.75) is 6.54 Å². The largest absolute Gasteiger partial charge is 0.480 e. The summed E-state index contributed by atoms with van der Waals surface area (Å²) in [5.74, 6) is 0.465. The van der Waals surface area contributed by atoms with Gasteiger partial charge in [-0.25, -0.2) is 4.98 Å². The van der Waals surface area contributed by atoms with Gasteiger partial charge in [0.2, 0.25) is 5.88 Å². The van der Waals surface area contributed by atoms with Gasteiger partial charge in [-0.05, 0) is 24.3 Å². The number of rotatable bonds is 4. The van der Waals surface area contributed by atoms with Crippen molar-refractivity contribution in [1.29, 1.82) is 5.26 Å². The molecule has 0 saturated carbocycles. The quantitative estimate of drug-likeness (QED) is 0.767. The first-order chi connectivity index (χ1) is 12.1. The number of furan rings is 1. The van der Waals surface area contributed by atoms with Crippen LogP contribution in [0.4, 0.5) is 0 Å². The first-order valence-electron chi connectivity index (χ1n) is 7.36. The van der Waals surface area contributed by atoms with Crippen LogP contribution in [0.1, 0.15) is 21.9 Å². The Hall–Kier alpha value is -3.60. The monoisotopic (exact) mass is 338 g/mol. The molecule has 25 heavy (non-hydrogen) atoms. The minimum atomic E-state index is -0.341. The maximum Gasteiger partial charge on any atom is 0.286 e. The van der Waals surface area contributed by atoms with E-state index in [-0.39, 0.29) is 35.2 Å². The summed E-state index contributed by atoms with van der Waals surface area (Å²) in [5, 5.41) is 11.9. The van der Waals surface area contributed by atoms with Crippen LogP contribution in [0.2, 0.25) is 0 Å². The average Bonchev–Trinajstić information content (AvgIpc) is 3.11. The highest BCUT2D eigenvalue weighted by atomic mass is 16.5. The van der Waals surface area contributed by atoms with Gasteiger partial charge in [0.25, 0.3) is 11.5 Å². The predicted octanol–water partition coefficient (Wildman–Crippen LogP) is 1.28. The van der Waals surface area contributed by atoms with Crippen LogP contribution in [0.25, 0.3) is 10.9 Å². The lowest BCUT2D eigenvalue weighted by Crippen LogP contribution is -2.20. The summed E-state index contributed by atoms with van der Waals surface area (Å²) in [7, 11) is 2.92. The summed E-state index contributed by atoms with van der Waals surface area (Å²) < 4.78 is 11.9. The predicted molar refractivity (Wildman–Crippen MR) is 88.5 cm³/mol. The fraction of sp³-hybridized carbons (Fsp3) is 0.176. The van der Waals surface area contributed by atoms with Crippen molar-refractivity contribution in [3.63, 3.8) is 0 Å². The molecule has 8 heteroatoms. The second kappa shape index (κ2) is 6.49. The zero-order chi connectivity index (χ0) is 18.0. The van der Waals surface area contributed by atoms with Crippen molar-refractivity contribution in [3.05, 3.63) is 57.9 Å². The lowest BCUT2D eigenvalue weighted by molar-refractivity contribution is 0.0933. The molecule has 0 saturated heterocycles. The van der Waals surface area contributed by atoms with Gasteiger partial charge in [0.15, 0.2) is 5.76 Å². The van der Waals surface area contributed by atoms with Gasteiger partial charge in [-0.2, -0.15) is 5.26 Å². The first kappa shape index (κ1) is 16.3. The molecule has 0 spiro atoms. The van der Waals surface area contributed by atoms with Gasteiger partial charge < -0.3 is 19.0 Å². The molecule has 1 amide bonds. The topological polar surface area (TPSA) is 110 Å². The summed E-state index contributed by atoms with van der Waals surface area (Å²) in [4.78, 5) is 28.4. The van der Waals surface area contributed by atoms with Crippen LogP contribution < -0.4 is 15.6 Å². The van der Waals surface area contributed by atoms with Crippen molar-refractivity contribution < 1.29 is 13.9 Å². The fourth-order valence-corrected chi connectivity index (χ4v) is 2.43. The number of hydrogen-bond donors (Lipinski definition) is 1. The van der Waals surface area contributed by atoms with E-state index in [1.54, 1.807) is 24.4 Å². The van der Waals surface area contributed by atoms with E-state index >= 15 is 0 Å². The van der Waals surface area contributed by atoms with Crippen molar-refractivity contribution >= 4 is 16.8 Å². The maximum atomic E-state index is 12.6. The third kappa shape index (κ3) is 2.95. The van der Waals surface area contributed by atoms with Gasteiger partial charge in [-0.15, -0.1) is 0 Å². The molecule has 3 aromatic rings. The number of methoxy groups -OCH3 is 1. The Balaban J connectivity index is 2.02. The summed E-state index contributed by atoms with van der Waals surface area (Å²) in [6.07, 6.45) is 1.57. The van der Waals surface area contributed by atoms with E-state index in [2.05, 4.69) is 10.3 Å². The molecule has 0 aliphatic heterocycles. The third-order valence-corrected chi connectivity index (χ3v) is 3.67. The van der Waals surface area contributed by atoms with E-state index in [0.29, 0.717) is 16.7 Å². The van der Waals surface area contributed by atoms with Gasteiger partial charge in [-0.1, -0.05) is 0 Å². The smallest absolute Gasteiger partial charge is 0.286 e. The molecule has 126 valence electrons. The van der Waals surface area contributed by atoms with Gasteiger partial charge in [0, 0.05) is 13.2 Å². The highest BCUT2D eigenvalue weighted by Gasteiger charge is 2.13. The molecule has 0 aliphatic carbocycles. The molecule has 0 fully saturated rings. The van der Waals surface area contributed by atoms with E-state index in [9.17, 15) is 9.59 Å². The molecule has 0 aliphatic rings. The molecule has 3 rings (SSSR count). The van der Waals surface area contributed by atoms with Crippen LogP contribution in [0, 0.1) is 11.3 Å². The molecule has 0 unspecified atom stereocenters. The minimum absolute atomic E-state index is 0.152. The lowest BCUT2D eigenvalue weighted by atomic mass is 10.2. The number of nitriles is 1. The molecule has 8 nitrogen and oxygen atoms in total. The summed E-state index contributed by atoms with van der Waals surface area (Å²) in [6.45, 7) is 0.152. The molecule has 1 N–H and O–H groups in total. The summed E-state index contributed by atoms with van der Waals surface area (Å²) in [6, 6.07) is 8.25. The molecule has 3 heterocycles. The van der Waals surface area contributed by atoms with E-state index in [1.807, 2.05) is 6.07 Å². The maximum absolute atomic E-state index is 12.6. The van der Waals surface area contributed by atoms with Gasteiger partial charge in [-0.3, -0.25) is 9.59 Å². The van der Waals surface area contributed by atoms with Crippen LogP contribution in [-0.2, 0) is 6.54 Å². The van der Waals surface area contributed by atoms with E-state index in [0.717, 1.165) is 0 Å². The van der Waals surface area contributed by atoms with Gasteiger partial charge in [0.1, 0.15) is 17.4 Å². The van der Waals surface area contributed by atoms with Crippen molar-refractivity contribution in [2.75, 3.05) is 14.2 Å². The summed E-state index contributed by atoms with van der Waals surface area (Å²) >= 11 is 0. The highest BCUT2D eigenvalue weighted by molar-refractivity contribution is 5.91. The van der Waals surface area contributed by atoms with Crippen LogP contribution >= 0.6 is 0 Å². The number of pyridine rings is 2. The number of carbonyl (C=O) groups is 1. The van der Waals surface area contributed by atoms with Gasteiger partial charge >= 0.3 is 0 Å². The molecule has 0 aromatic carbocycles. The second-order valence-corrected chi connectivity index (χ2v) is 5.18. The second-order valence-electron chi connectivity index (χ2n) is 5.18. The Bertz CT molecular complexity index is 1060. The van der Waals surface area contributed by atoms with Crippen molar-refractivity contribution in [3.8, 4) is 11.9 Å². The molecule has 3 aromatic heterocycles. The van der Waals surface area contributed by atoms with Gasteiger partial charge in [0.05, 0.1) is 24.6 Å². The van der Waals surface area contributed by atoms with Crippen LogP contribution in [0.15, 0.2) is 39.7 Å². The number of carbonyl (C=O) groups excluding carboxylic acids is 1. The van der Waals surface area contributed by atoms with Crippen LogP contribution in [0.5, 0.6) is 5.88 Å². The molecule has 0 bridgehead atoms. The number of nitrogens with one attached hydrogen (secondary N) is 1. The number of nitrogens with zero attached hydrogens (tertiary/aromatic N) is 3. The Morgan fingerprint density at radius 1 is 1.44 bits per heavy atom. The van der Waals surface area contributed by atoms with Crippen LogP contribution in [0.3, 0.4) is 0 Å². The van der Waals surface area contributed by atoms with E-state index in [1.165, 1.54) is 24.8 Å². The Kier molecular flexibility index (Phi) is 4.22. The van der Waals surface area contributed by atoms with Crippen LogP contribution in [-0.4, -0.2) is 29.6 Å². The zero-order valence-electron chi connectivity index (χ0n) is 13.6. The SMILES string of the molecule is CNC(=O)c1ccc(Cn2ccc3nc(OC)c(C#N)cc3c2=O)o1. The Morgan fingerprint density at radius 3 is 2.92 bits per heavy atom. The van der Waals surface area contributed by atoms with Crippen molar-refractivity contribution in [2.24, 2.45) is 0 Å². The van der Waals surface area contributed by atoms with Crippen molar-refractivity contribution in [1.82, 2.24) is 14.9 Å². The number of hydrogen-bond acceptors (Lipinski definition) is 6. The normalized spacial score (nSPS) is 10.4. The number of aromatic nitrogens is 2. The molecular formula is C17H14N4O4. The van der Waals surface area contributed by atoms with E-state index in [4.69, 9.17) is 14.4 Å². The first-order valence-corrected chi connectivity index (χ1v) is 7.36. The Labute approximate surface area is 142 Å². The number of ether oxygens (including phenoxy) is 1.